The monoisotopic (exact) mass is 424 g/mol. The smallest absolute Gasteiger partial charge is 0.128 e. The highest BCUT2D eigenvalue weighted by molar-refractivity contribution is 5.88. The van der Waals surface area contributed by atoms with Crippen LogP contribution in [0.2, 0.25) is 0 Å². The van der Waals surface area contributed by atoms with E-state index in [1.807, 2.05) is 28.6 Å². The van der Waals surface area contributed by atoms with Gasteiger partial charge in [0, 0.05) is 80.0 Å². The second kappa shape index (κ2) is 7.46. The number of hydrogen-bond acceptors (Lipinski definition) is 6. The van der Waals surface area contributed by atoms with Crippen LogP contribution in [-0.2, 0) is 7.05 Å². The van der Waals surface area contributed by atoms with E-state index in [4.69, 9.17) is 10.1 Å². The molecule has 1 saturated heterocycles. The Balaban J connectivity index is 1.48. The van der Waals surface area contributed by atoms with Crippen LogP contribution < -0.4 is 10.2 Å². The van der Waals surface area contributed by atoms with Gasteiger partial charge in [-0.15, -0.1) is 0 Å². The molecule has 2 fully saturated rings. The predicted octanol–water partition coefficient (Wildman–Crippen LogP) is 2.96. The van der Waals surface area contributed by atoms with Crippen molar-refractivity contribution in [2.45, 2.75) is 18.8 Å². The Hall–Kier alpha value is -3.70. The van der Waals surface area contributed by atoms with Gasteiger partial charge in [-0.2, -0.15) is 15.5 Å². The normalized spacial score (nSPS) is 16.4. The molecule has 1 aliphatic carbocycles. The first kappa shape index (κ1) is 19.0. The number of piperazine rings is 1. The van der Waals surface area contributed by atoms with Gasteiger partial charge in [0.05, 0.1) is 23.0 Å². The summed E-state index contributed by atoms with van der Waals surface area (Å²) in [5.41, 5.74) is 6.65. The molecule has 8 heteroatoms. The number of nitriles is 1. The average Bonchev–Trinajstić information content (AvgIpc) is 3.48. The summed E-state index contributed by atoms with van der Waals surface area (Å²) in [7, 11) is 1.97. The van der Waals surface area contributed by atoms with E-state index in [9.17, 15) is 5.26 Å². The highest BCUT2D eigenvalue weighted by Crippen LogP contribution is 2.44. The van der Waals surface area contributed by atoms with Crippen LogP contribution in [0.15, 0.2) is 43.0 Å². The SMILES string of the molecule is Cn1cc(-c2cc(-c3ccc(N4CCNCC4)nc3)c3c(C#N)cnn3c2)c(C2CC2)n1. The van der Waals surface area contributed by atoms with Crippen LogP contribution in [0.1, 0.15) is 30.0 Å². The summed E-state index contributed by atoms with van der Waals surface area (Å²) in [5, 5.41) is 22.3. The number of fused-ring (bicyclic) bond motifs is 1. The number of aryl methyl sites for hydroxylation is 1. The maximum atomic E-state index is 9.68. The van der Waals surface area contributed by atoms with Gasteiger partial charge in [-0.25, -0.2) is 9.50 Å². The lowest BCUT2D eigenvalue weighted by molar-refractivity contribution is 0.585. The summed E-state index contributed by atoms with van der Waals surface area (Å²) in [4.78, 5) is 7.05. The fourth-order valence-corrected chi connectivity index (χ4v) is 4.58. The summed E-state index contributed by atoms with van der Waals surface area (Å²) in [6, 6.07) is 8.62. The molecule has 6 rings (SSSR count). The van der Waals surface area contributed by atoms with Crippen LogP contribution in [-0.4, -0.2) is 50.6 Å². The van der Waals surface area contributed by atoms with Gasteiger partial charge in [-0.05, 0) is 31.0 Å². The number of nitrogens with one attached hydrogen (secondary N) is 1. The van der Waals surface area contributed by atoms with Gasteiger partial charge in [-0.1, -0.05) is 0 Å². The molecule has 0 aromatic carbocycles. The third-order valence-electron chi connectivity index (χ3n) is 6.36. The molecule has 0 bridgehead atoms. The minimum absolute atomic E-state index is 0.539. The molecule has 0 spiro atoms. The van der Waals surface area contributed by atoms with E-state index in [1.54, 1.807) is 6.20 Å². The lowest BCUT2D eigenvalue weighted by Crippen LogP contribution is -2.43. The molecular formula is C24H24N8. The van der Waals surface area contributed by atoms with Crippen molar-refractivity contribution in [1.29, 1.82) is 5.26 Å². The molecule has 0 unspecified atom stereocenters. The second-order valence-electron chi connectivity index (χ2n) is 8.62. The molecule has 1 aliphatic heterocycles. The minimum Gasteiger partial charge on any atom is -0.354 e. The first-order valence-electron chi connectivity index (χ1n) is 11.1. The summed E-state index contributed by atoms with van der Waals surface area (Å²) < 4.78 is 3.71. The second-order valence-corrected chi connectivity index (χ2v) is 8.62. The van der Waals surface area contributed by atoms with Crippen molar-refractivity contribution >= 4 is 11.3 Å². The van der Waals surface area contributed by atoms with Crippen LogP contribution in [0.4, 0.5) is 5.82 Å². The molecule has 4 aromatic heterocycles. The average molecular weight is 425 g/mol. The van der Waals surface area contributed by atoms with Gasteiger partial charge < -0.3 is 10.2 Å². The summed E-state index contributed by atoms with van der Waals surface area (Å²) >= 11 is 0. The molecule has 2 aliphatic rings. The topological polar surface area (TPSA) is 87.1 Å². The Labute approximate surface area is 186 Å². The van der Waals surface area contributed by atoms with Crippen molar-refractivity contribution in [3.05, 3.63) is 54.2 Å². The van der Waals surface area contributed by atoms with Crippen molar-refractivity contribution in [3.63, 3.8) is 0 Å². The molecule has 1 saturated carbocycles. The van der Waals surface area contributed by atoms with E-state index in [1.165, 1.54) is 12.8 Å². The van der Waals surface area contributed by atoms with Gasteiger partial charge in [0.2, 0.25) is 0 Å². The van der Waals surface area contributed by atoms with Crippen molar-refractivity contribution in [1.82, 2.24) is 29.7 Å². The minimum atomic E-state index is 0.539. The Bertz CT molecular complexity index is 1330. The maximum absolute atomic E-state index is 9.68. The fraction of sp³-hybridized carbons (Fsp3) is 0.333. The van der Waals surface area contributed by atoms with E-state index < -0.39 is 0 Å². The lowest BCUT2D eigenvalue weighted by Gasteiger charge is -2.28. The zero-order valence-corrected chi connectivity index (χ0v) is 18.0. The van der Waals surface area contributed by atoms with Crippen LogP contribution >= 0.6 is 0 Å². The van der Waals surface area contributed by atoms with Crippen molar-refractivity contribution < 1.29 is 0 Å². The van der Waals surface area contributed by atoms with Gasteiger partial charge in [0.15, 0.2) is 0 Å². The molecule has 1 N–H and O–H groups in total. The van der Waals surface area contributed by atoms with Crippen LogP contribution in [0.5, 0.6) is 0 Å². The number of rotatable bonds is 4. The standard InChI is InChI=1S/C24H24N8/c1-30-15-21(23(29-30)16-2-3-16)18-10-20(24-19(11-25)13-28-32(24)14-18)17-4-5-22(27-12-17)31-8-6-26-7-9-31/h4-5,10,12-16,26H,2-3,6-9H2,1H3. The summed E-state index contributed by atoms with van der Waals surface area (Å²) in [6.45, 7) is 3.86. The fourth-order valence-electron chi connectivity index (χ4n) is 4.58. The molecule has 0 atom stereocenters. The summed E-state index contributed by atoms with van der Waals surface area (Å²) in [5.74, 6) is 1.53. The third-order valence-corrected chi connectivity index (χ3v) is 6.36. The van der Waals surface area contributed by atoms with Crippen molar-refractivity contribution in [2.75, 3.05) is 31.1 Å². The predicted molar refractivity (Wildman–Crippen MR) is 122 cm³/mol. The van der Waals surface area contributed by atoms with Crippen molar-refractivity contribution in [3.8, 4) is 28.3 Å². The Kier molecular flexibility index (Phi) is 4.44. The van der Waals surface area contributed by atoms with Crippen molar-refractivity contribution in [2.24, 2.45) is 7.05 Å². The zero-order valence-electron chi connectivity index (χ0n) is 18.0. The Morgan fingerprint density at radius 1 is 1.06 bits per heavy atom. The van der Waals surface area contributed by atoms with E-state index in [-0.39, 0.29) is 0 Å². The Morgan fingerprint density at radius 2 is 1.91 bits per heavy atom. The maximum Gasteiger partial charge on any atom is 0.128 e. The van der Waals surface area contributed by atoms with E-state index in [0.29, 0.717) is 11.5 Å². The number of hydrogen-bond donors (Lipinski definition) is 1. The van der Waals surface area contributed by atoms with Crippen LogP contribution in [0, 0.1) is 11.3 Å². The van der Waals surface area contributed by atoms with Gasteiger partial charge in [-0.3, -0.25) is 4.68 Å². The van der Waals surface area contributed by atoms with Crippen LogP contribution in [0.3, 0.4) is 0 Å². The molecule has 0 amide bonds. The van der Waals surface area contributed by atoms with E-state index >= 15 is 0 Å². The van der Waals surface area contributed by atoms with Gasteiger partial charge >= 0.3 is 0 Å². The molecule has 0 radical (unpaired) electrons. The number of pyridine rings is 2. The van der Waals surface area contributed by atoms with E-state index in [2.05, 4.69) is 45.8 Å². The van der Waals surface area contributed by atoms with Gasteiger partial charge in [0.1, 0.15) is 11.9 Å². The quantitative estimate of drug-likeness (QED) is 0.542. The molecule has 160 valence electrons. The van der Waals surface area contributed by atoms with Gasteiger partial charge in [0.25, 0.3) is 0 Å². The highest BCUT2D eigenvalue weighted by atomic mass is 15.3. The highest BCUT2D eigenvalue weighted by Gasteiger charge is 2.30. The number of anilines is 1. The third kappa shape index (κ3) is 3.22. The first-order valence-corrected chi connectivity index (χ1v) is 11.1. The van der Waals surface area contributed by atoms with E-state index in [0.717, 1.165) is 65.5 Å². The lowest BCUT2D eigenvalue weighted by atomic mass is 9.99. The summed E-state index contributed by atoms with van der Waals surface area (Å²) in [6.07, 6.45) is 10.0. The number of aromatic nitrogens is 5. The largest absolute Gasteiger partial charge is 0.354 e. The molecule has 8 nitrogen and oxygen atoms in total. The first-order chi connectivity index (χ1) is 15.7. The molecule has 32 heavy (non-hydrogen) atoms. The molecule has 4 aromatic rings. The van der Waals surface area contributed by atoms with Crippen LogP contribution in [0.25, 0.3) is 27.8 Å². The molecule has 5 heterocycles. The number of nitrogens with zero attached hydrogens (tertiary/aromatic N) is 7. The molecular weight excluding hydrogens is 400 g/mol. The Morgan fingerprint density at radius 3 is 2.62 bits per heavy atom. The zero-order chi connectivity index (χ0) is 21.7.